The van der Waals surface area contributed by atoms with Crippen LogP contribution in [0.15, 0.2) is 53.1 Å². The summed E-state index contributed by atoms with van der Waals surface area (Å²) in [5.41, 5.74) is 2.36. The van der Waals surface area contributed by atoms with E-state index in [1.54, 1.807) is 30.2 Å². The van der Waals surface area contributed by atoms with E-state index in [2.05, 4.69) is 4.98 Å². The van der Waals surface area contributed by atoms with Crippen LogP contribution in [0.4, 0.5) is 0 Å². The molecule has 0 saturated heterocycles. The maximum absolute atomic E-state index is 13.2. The quantitative estimate of drug-likeness (QED) is 0.453. The molecule has 0 bridgehead atoms. The second-order valence-corrected chi connectivity index (χ2v) is 7.02. The molecule has 156 valence electrons. The number of aromatic amines is 1. The van der Waals surface area contributed by atoms with Gasteiger partial charge >= 0.3 is 5.97 Å². The van der Waals surface area contributed by atoms with E-state index in [0.717, 1.165) is 5.56 Å². The summed E-state index contributed by atoms with van der Waals surface area (Å²) in [7, 11) is 1.27. The molecule has 0 unspecified atom stereocenters. The number of hydrogen-bond acceptors (Lipinski definition) is 5. The fourth-order valence-electron chi connectivity index (χ4n) is 3.41. The van der Waals surface area contributed by atoms with Crippen LogP contribution in [0.5, 0.6) is 0 Å². The number of methoxy groups -OCH3 is 1. The lowest BCUT2D eigenvalue weighted by Crippen LogP contribution is -2.31. The van der Waals surface area contributed by atoms with Gasteiger partial charge < -0.3 is 19.0 Å². The molecule has 1 amide bonds. The van der Waals surface area contributed by atoms with Gasteiger partial charge in [-0.25, -0.2) is 4.79 Å². The number of furan rings is 1. The molecule has 0 atom stereocenters. The first-order valence-electron chi connectivity index (χ1n) is 9.55. The number of carbonyl (C=O) groups excluding carboxylic acids is 3. The largest absolute Gasteiger partial charge is 0.467 e. The minimum Gasteiger partial charge on any atom is -0.467 e. The molecule has 0 aliphatic carbocycles. The maximum Gasteiger partial charge on any atom is 0.339 e. The Labute approximate surface area is 174 Å². The van der Waals surface area contributed by atoms with Crippen molar-refractivity contribution in [1.82, 2.24) is 9.88 Å². The van der Waals surface area contributed by atoms with Gasteiger partial charge in [-0.15, -0.1) is 0 Å². The lowest BCUT2D eigenvalue weighted by Gasteiger charge is -2.22. The number of carbonyl (C=O) groups is 3. The van der Waals surface area contributed by atoms with E-state index in [-0.39, 0.29) is 30.2 Å². The van der Waals surface area contributed by atoms with Crippen LogP contribution in [0.25, 0.3) is 0 Å². The van der Waals surface area contributed by atoms with E-state index >= 15 is 0 Å². The van der Waals surface area contributed by atoms with Gasteiger partial charge in [-0.1, -0.05) is 30.3 Å². The van der Waals surface area contributed by atoms with Gasteiger partial charge in [-0.3, -0.25) is 9.59 Å². The average Bonchev–Trinajstić information content (AvgIpc) is 3.35. The molecule has 3 rings (SSSR count). The fraction of sp³-hybridized carbons (Fsp3) is 0.261. The average molecular weight is 408 g/mol. The van der Waals surface area contributed by atoms with Crippen molar-refractivity contribution < 1.29 is 23.5 Å². The minimum atomic E-state index is -0.584. The Kier molecular flexibility index (Phi) is 6.51. The normalized spacial score (nSPS) is 10.6. The summed E-state index contributed by atoms with van der Waals surface area (Å²) in [6.45, 7) is 3.74. The van der Waals surface area contributed by atoms with Crippen LogP contribution in [-0.4, -0.2) is 34.7 Å². The SMILES string of the molecule is COC(=O)c1c(CC(=O)N(Cc2ccccc2)Cc2ccco2)[nH]c(C(C)=O)c1C. The Bertz CT molecular complexity index is 1040. The van der Waals surface area contributed by atoms with E-state index in [4.69, 9.17) is 9.15 Å². The molecule has 3 aromatic rings. The van der Waals surface area contributed by atoms with Crippen molar-refractivity contribution in [3.63, 3.8) is 0 Å². The number of nitrogens with one attached hydrogen (secondary N) is 1. The highest BCUT2D eigenvalue weighted by Crippen LogP contribution is 2.22. The Balaban J connectivity index is 1.90. The van der Waals surface area contributed by atoms with Gasteiger partial charge in [0.2, 0.25) is 5.91 Å². The van der Waals surface area contributed by atoms with Crippen molar-refractivity contribution in [2.24, 2.45) is 0 Å². The van der Waals surface area contributed by atoms with Gasteiger partial charge in [0.05, 0.1) is 37.6 Å². The number of hydrogen-bond donors (Lipinski definition) is 1. The monoisotopic (exact) mass is 408 g/mol. The lowest BCUT2D eigenvalue weighted by atomic mass is 10.1. The molecule has 0 spiro atoms. The first kappa shape index (κ1) is 21.1. The third-order valence-corrected chi connectivity index (χ3v) is 4.89. The number of rotatable bonds is 8. The number of Topliss-reactive ketones (excluding diaryl/α,β-unsaturated/α-hetero) is 1. The number of esters is 1. The summed E-state index contributed by atoms with van der Waals surface area (Å²) in [5, 5.41) is 0. The van der Waals surface area contributed by atoms with Crippen molar-refractivity contribution in [1.29, 1.82) is 0 Å². The maximum atomic E-state index is 13.2. The van der Waals surface area contributed by atoms with Gasteiger partial charge in [-0.05, 0) is 30.2 Å². The van der Waals surface area contributed by atoms with E-state index in [1.165, 1.54) is 14.0 Å². The van der Waals surface area contributed by atoms with Gasteiger partial charge in [0, 0.05) is 19.2 Å². The van der Waals surface area contributed by atoms with Crippen LogP contribution in [0.2, 0.25) is 0 Å². The van der Waals surface area contributed by atoms with Crippen molar-refractivity contribution in [2.75, 3.05) is 7.11 Å². The van der Waals surface area contributed by atoms with Crippen molar-refractivity contribution in [3.8, 4) is 0 Å². The summed E-state index contributed by atoms with van der Waals surface area (Å²) in [6, 6.07) is 13.2. The van der Waals surface area contributed by atoms with E-state index < -0.39 is 5.97 Å². The van der Waals surface area contributed by atoms with E-state index in [0.29, 0.717) is 29.3 Å². The van der Waals surface area contributed by atoms with Gasteiger partial charge in [-0.2, -0.15) is 0 Å². The molecule has 2 aromatic heterocycles. The number of ether oxygens (including phenoxy) is 1. The number of benzene rings is 1. The van der Waals surface area contributed by atoms with Crippen LogP contribution in [0.3, 0.4) is 0 Å². The smallest absolute Gasteiger partial charge is 0.339 e. The minimum absolute atomic E-state index is 0.0773. The van der Waals surface area contributed by atoms with Crippen LogP contribution < -0.4 is 0 Å². The predicted molar refractivity (Wildman–Crippen MR) is 110 cm³/mol. The van der Waals surface area contributed by atoms with Gasteiger partial charge in [0.25, 0.3) is 0 Å². The zero-order valence-electron chi connectivity index (χ0n) is 17.2. The highest BCUT2D eigenvalue weighted by molar-refractivity contribution is 6.01. The molecule has 2 heterocycles. The van der Waals surface area contributed by atoms with Gasteiger partial charge in [0.15, 0.2) is 5.78 Å². The highest BCUT2D eigenvalue weighted by Gasteiger charge is 2.26. The second-order valence-electron chi connectivity index (χ2n) is 7.02. The summed E-state index contributed by atoms with van der Waals surface area (Å²) >= 11 is 0. The molecule has 7 nitrogen and oxygen atoms in total. The zero-order chi connectivity index (χ0) is 21.7. The van der Waals surface area contributed by atoms with E-state index in [1.807, 2.05) is 30.3 Å². The standard InChI is InChI=1S/C23H24N2O5/c1-15-21(23(28)29-3)19(24-22(15)16(2)26)12-20(27)25(14-18-10-7-11-30-18)13-17-8-5-4-6-9-17/h4-11,24H,12-14H2,1-3H3. The number of nitrogens with zero attached hydrogens (tertiary/aromatic N) is 1. The van der Waals surface area contributed by atoms with E-state index in [9.17, 15) is 14.4 Å². The molecular weight excluding hydrogens is 384 g/mol. The first-order valence-corrected chi connectivity index (χ1v) is 9.55. The lowest BCUT2D eigenvalue weighted by molar-refractivity contribution is -0.132. The Morgan fingerprint density at radius 1 is 1.07 bits per heavy atom. The first-order chi connectivity index (χ1) is 14.4. The van der Waals surface area contributed by atoms with Crippen LogP contribution >= 0.6 is 0 Å². The number of aromatic nitrogens is 1. The van der Waals surface area contributed by atoms with Gasteiger partial charge in [0.1, 0.15) is 5.76 Å². The molecule has 1 aromatic carbocycles. The molecule has 1 N–H and O–H groups in total. The summed E-state index contributed by atoms with van der Waals surface area (Å²) in [5.74, 6) is -0.357. The Hall–Kier alpha value is -3.61. The molecular formula is C23H24N2O5. The third-order valence-electron chi connectivity index (χ3n) is 4.89. The molecule has 0 radical (unpaired) electrons. The van der Waals surface area contributed by atoms with Crippen molar-refractivity contribution in [2.45, 2.75) is 33.4 Å². The molecule has 0 fully saturated rings. The van der Waals surface area contributed by atoms with Crippen LogP contribution in [0, 0.1) is 6.92 Å². The Morgan fingerprint density at radius 2 is 1.80 bits per heavy atom. The number of H-pyrrole nitrogens is 1. The Morgan fingerprint density at radius 3 is 2.40 bits per heavy atom. The van der Waals surface area contributed by atoms with Crippen molar-refractivity contribution >= 4 is 17.7 Å². The molecule has 0 aliphatic heterocycles. The number of ketones is 1. The van der Waals surface area contributed by atoms with Crippen molar-refractivity contribution in [3.05, 3.63) is 82.6 Å². The molecule has 7 heteroatoms. The fourth-order valence-corrected chi connectivity index (χ4v) is 3.41. The number of amides is 1. The summed E-state index contributed by atoms with van der Waals surface area (Å²) in [6.07, 6.45) is 1.48. The summed E-state index contributed by atoms with van der Waals surface area (Å²) in [4.78, 5) is 42.0. The van der Waals surface area contributed by atoms with Crippen LogP contribution in [-0.2, 0) is 29.0 Å². The molecule has 30 heavy (non-hydrogen) atoms. The molecule has 0 saturated carbocycles. The molecule has 0 aliphatic rings. The topological polar surface area (TPSA) is 92.6 Å². The zero-order valence-corrected chi connectivity index (χ0v) is 17.2. The third kappa shape index (κ3) is 4.68. The highest BCUT2D eigenvalue weighted by atomic mass is 16.5. The van der Waals surface area contributed by atoms with Crippen LogP contribution in [0.1, 0.15) is 50.4 Å². The predicted octanol–water partition coefficient (Wildman–Crippen LogP) is 3.68. The summed E-state index contributed by atoms with van der Waals surface area (Å²) < 4.78 is 10.3. The second kappa shape index (κ2) is 9.26.